The number of piperidine rings is 1. The molecule has 1 aromatic rings. The van der Waals surface area contributed by atoms with Crippen molar-refractivity contribution in [1.29, 1.82) is 0 Å². The van der Waals surface area contributed by atoms with Crippen LogP contribution in [-0.2, 0) is 0 Å². The van der Waals surface area contributed by atoms with Gasteiger partial charge in [0.1, 0.15) is 5.69 Å². The molecule has 0 bridgehead atoms. The number of hydrazine groups is 1. The quantitative estimate of drug-likeness (QED) is 0.505. The first-order valence-corrected chi connectivity index (χ1v) is 7.03. The van der Waals surface area contributed by atoms with Crippen molar-refractivity contribution >= 4 is 17.3 Å². The zero-order valence-corrected chi connectivity index (χ0v) is 12.2. The van der Waals surface area contributed by atoms with Gasteiger partial charge in [-0.15, -0.1) is 0 Å². The molecule has 1 aromatic carbocycles. The molecular formula is C14H20N4O3. The molecule has 2 rings (SSSR count). The van der Waals surface area contributed by atoms with E-state index >= 15 is 0 Å². The van der Waals surface area contributed by atoms with Crippen LogP contribution >= 0.6 is 0 Å². The molecule has 2 atom stereocenters. The third-order valence-electron chi connectivity index (χ3n) is 4.02. The monoisotopic (exact) mass is 292 g/mol. The second-order valence-electron chi connectivity index (χ2n) is 5.47. The zero-order valence-electron chi connectivity index (χ0n) is 12.2. The largest absolute Gasteiger partial charge is 0.333 e. The van der Waals surface area contributed by atoms with Gasteiger partial charge in [-0.1, -0.05) is 0 Å². The van der Waals surface area contributed by atoms with E-state index < -0.39 is 4.92 Å². The maximum absolute atomic E-state index is 12.7. The Bertz CT molecular complexity index is 551. The number of nitrogen functional groups attached to an aromatic ring is 1. The summed E-state index contributed by atoms with van der Waals surface area (Å²) in [5.41, 5.74) is 2.69. The molecule has 7 nitrogen and oxygen atoms in total. The molecule has 1 aliphatic rings. The predicted octanol–water partition coefficient (Wildman–Crippen LogP) is 2.28. The summed E-state index contributed by atoms with van der Waals surface area (Å²) in [5, 5.41) is 10.9. The van der Waals surface area contributed by atoms with Crippen LogP contribution in [0, 0.1) is 10.1 Å². The van der Waals surface area contributed by atoms with E-state index in [9.17, 15) is 14.9 Å². The SMILES string of the molecule is C[C@@H]1CCC[C@H](C)N1C(=O)c1ccc([N+](=O)[O-])c(NN)c1. The summed E-state index contributed by atoms with van der Waals surface area (Å²) < 4.78 is 0. The number of nitrogens with zero attached hydrogens (tertiary/aromatic N) is 2. The number of carbonyl (C=O) groups excluding carboxylic acids is 1. The Morgan fingerprint density at radius 3 is 2.52 bits per heavy atom. The fraction of sp³-hybridized carbons (Fsp3) is 0.500. The Morgan fingerprint density at radius 1 is 1.38 bits per heavy atom. The molecule has 1 saturated heterocycles. The van der Waals surface area contributed by atoms with Gasteiger partial charge in [0, 0.05) is 23.7 Å². The second kappa shape index (κ2) is 6.09. The minimum atomic E-state index is -0.532. The first-order valence-electron chi connectivity index (χ1n) is 7.03. The van der Waals surface area contributed by atoms with Crippen molar-refractivity contribution in [3.63, 3.8) is 0 Å². The molecule has 7 heteroatoms. The van der Waals surface area contributed by atoms with Crippen molar-refractivity contribution in [1.82, 2.24) is 4.90 Å². The highest BCUT2D eigenvalue weighted by atomic mass is 16.6. The number of nitrogens with two attached hydrogens (primary N) is 1. The van der Waals surface area contributed by atoms with Crippen LogP contribution in [0.5, 0.6) is 0 Å². The Hall–Kier alpha value is -2.15. The second-order valence-corrected chi connectivity index (χ2v) is 5.47. The van der Waals surface area contributed by atoms with E-state index in [0.717, 1.165) is 19.3 Å². The van der Waals surface area contributed by atoms with E-state index in [-0.39, 0.29) is 29.4 Å². The van der Waals surface area contributed by atoms with Crippen molar-refractivity contribution in [2.45, 2.75) is 45.2 Å². The van der Waals surface area contributed by atoms with Gasteiger partial charge in [0.2, 0.25) is 0 Å². The lowest BCUT2D eigenvalue weighted by molar-refractivity contribution is -0.384. The lowest BCUT2D eigenvalue weighted by Crippen LogP contribution is -2.47. The summed E-state index contributed by atoms with van der Waals surface area (Å²) in [6.45, 7) is 4.06. The van der Waals surface area contributed by atoms with Gasteiger partial charge in [-0.3, -0.25) is 20.8 Å². The Balaban J connectivity index is 2.32. The van der Waals surface area contributed by atoms with E-state index in [1.807, 2.05) is 18.7 Å². The maximum Gasteiger partial charge on any atom is 0.293 e. The predicted molar refractivity (Wildman–Crippen MR) is 79.9 cm³/mol. The number of nitro groups is 1. The molecule has 0 unspecified atom stereocenters. The highest BCUT2D eigenvalue weighted by Crippen LogP contribution is 2.28. The number of carbonyl (C=O) groups is 1. The van der Waals surface area contributed by atoms with Gasteiger partial charge in [-0.05, 0) is 45.2 Å². The van der Waals surface area contributed by atoms with Crippen LogP contribution < -0.4 is 11.3 Å². The Kier molecular flexibility index (Phi) is 4.42. The van der Waals surface area contributed by atoms with E-state index in [2.05, 4.69) is 5.43 Å². The van der Waals surface area contributed by atoms with Crippen LogP contribution in [0.3, 0.4) is 0 Å². The summed E-state index contributed by atoms with van der Waals surface area (Å²) in [6.07, 6.45) is 3.07. The van der Waals surface area contributed by atoms with Crippen LogP contribution in [0.2, 0.25) is 0 Å². The molecule has 1 amide bonds. The lowest BCUT2D eigenvalue weighted by atomic mass is 9.96. The van der Waals surface area contributed by atoms with Gasteiger partial charge in [-0.25, -0.2) is 0 Å². The van der Waals surface area contributed by atoms with Crippen LogP contribution in [-0.4, -0.2) is 27.8 Å². The number of hydrogen-bond donors (Lipinski definition) is 2. The zero-order chi connectivity index (χ0) is 15.6. The summed E-state index contributed by atoms with van der Waals surface area (Å²) in [4.78, 5) is 24.9. The third-order valence-corrected chi connectivity index (χ3v) is 4.02. The molecule has 0 radical (unpaired) electrons. The first kappa shape index (κ1) is 15.2. The topological polar surface area (TPSA) is 102 Å². The van der Waals surface area contributed by atoms with Gasteiger partial charge in [0.15, 0.2) is 0 Å². The highest BCUT2D eigenvalue weighted by molar-refractivity contribution is 5.96. The molecule has 1 fully saturated rings. The van der Waals surface area contributed by atoms with E-state index in [1.54, 1.807) is 0 Å². The van der Waals surface area contributed by atoms with Crippen LogP contribution in [0.25, 0.3) is 0 Å². The van der Waals surface area contributed by atoms with Crippen molar-refractivity contribution in [3.8, 4) is 0 Å². The molecule has 114 valence electrons. The molecule has 3 N–H and O–H groups in total. The highest BCUT2D eigenvalue weighted by Gasteiger charge is 2.30. The molecule has 0 aliphatic carbocycles. The fourth-order valence-corrected chi connectivity index (χ4v) is 2.91. The minimum absolute atomic E-state index is 0.110. The first-order chi connectivity index (χ1) is 9.95. The molecule has 0 aromatic heterocycles. The summed E-state index contributed by atoms with van der Waals surface area (Å²) >= 11 is 0. The number of amides is 1. The van der Waals surface area contributed by atoms with Gasteiger partial charge >= 0.3 is 0 Å². The van der Waals surface area contributed by atoms with Gasteiger partial charge < -0.3 is 10.3 Å². The Labute approximate surface area is 123 Å². The van der Waals surface area contributed by atoms with Crippen molar-refractivity contribution in [3.05, 3.63) is 33.9 Å². The smallest absolute Gasteiger partial charge is 0.293 e. The Morgan fingerprint density at radius 2 is 2.00 bits per heavy atom. The standard InChI is InChI=1S/C14H20N4O3/c1-9-4-3-5-10(2)17(9)14(19)11-6-7-13(18(20)21)12(8-11)16-15/h6-10,16H,3-5,15H2,1-2H3/t9-,10+. The molecule has 0 saturated carbocycles. The van der Waals surface area contributed by atoms with Crippen LogP contribution in [0.4, 0.5) is 11.4 Å². The van der Waals surface area contributed by atoms with Crippen LogP contribution in [0.1, 0.15) is 43.5 Å². The summed E-state index contributed by atoms with van der Waals surface area (Å²) in [5.74, 6) is 5.20. The van der Waals surface area contributed by atoms with Gasteiger partial charge in [0.05, 0.1) is 4.92 Å². The average molecular weight is 292 g/mol. The number of anilines is 1. The van der Waals surface area contributed by atoms with Crippen molar-refractivity contribution < 1.29 is 9.72 Å². The number of nitro benzene ring substituents is 1. The third kappa shape index (κ3) is 2.97. The molecule has 1 heterocycles. The number of nitrogens with one attached hydrogen (secondary N) is 1. The summed E-state index contributed by atoms with van der Waals surface area (Å²) in [6, 6.07) is 4.57. The number of hydrogen-bond acceptors (Lipinski definition) is 5. The van der Waals surface area contributed by atoms with E-state index in [0.29, 0.717) is 5.56 Å². The number of likely N-dealkylation sites (tertiary alicyclic amines) is 1. The van der Waals surface area contributed by atoms with Gasteiger partial charge in [-0.2, -0.15) is 0 Å². The normalized spacial score (nSPS) is 22.0. The maximum atomic E-state index is 12.7. The molecule has 1 aliphatic heterocycles. The molecule has 0 spiro atoms. The molecule has 21 heavy (non-hydrogen) atoms. The fourth-order valence-electron chi connectivity index (χ4n) is 2.91. The van der Waals surface area contributed by atoms with Crippen LogP contribution in [0.15, 0.2) is 18.2 Å². The van der Waals surface area contributed by atoms with Crippen molar-refractivity contribution in [2.75, 3.05) is 5.43 Å². The number of benzene rings is 1. The number of rotatable bonds is 3. The lowest BCUT2D eigenvalue weighted by Gasteiger charge is -2.39. The summed E-state index contributed by atoms with van der Waals surface area (Å²) in [7, 11) is 0. The van der Waals surface area contributed by atoms with E-state index in [4.69, 9.17) is 5.84 Å². The van der Waals surface area contributed by atoms with Crippen molar-refractivity contribution in [2.24, 2.45) is 5.84 Å². The van der Waals surface area contributed by atoms with E-state index in [1.165, 1.54) is 18.2 Å². The minimum Gasteiger partial charge on any atom is -0.333 e. The average Bonchev–Trinajstić information content (AvgIpc) is 2.46. The molecular weight excluding hydrogens is 272 g/mol. The van der Waals surface area contributed by atoms with Gasteiger partial charge in [0.25, 0.3) is 11.6 Å².